The molecule has 20 heavy (non-hydrogen) atoms. The first-order chi connectivity index (χ1) is 9.92. The number of fused-ring (bicyclic) bond motifs is 3. The third kappa shape index (κ3) is 1.94. The standard InChI is InChI=1S/C19H19N/c1-2-7-14(8-3-1)13-15-9-6-11-17-16-10-4-5-12-18(16)20-19(15)17/h1-5,7-8,10,12,15,20H,6,9,11,13H2. The summed E-state index contributed by atoms with van der Waals surface area (Å²) < 4.78 is 0. The van der Waals surface area contributed by atoms with Crippen LogP contribution in [0.2, 0.25) is 0 Å². The maximum Gasteiger partial charge on any atom is 0.0459 e. The molecule has 0 spiro atoms. The van der Waals surface area contributed by atoms with Crippen LogP contribution in [-0.4, -0.2) is 4.98 Å². The van der Waals surface area contributed by atoms with E-state index in [4.69, 9.17) is 0 Å². The van der Waals surface area contributed by atoms with E-state index in [9.17, 15) is 0 Å². The van der Waals surface area contributed by atoms with Crippen molar-refractivity contribution in [2.24, 2.45) is 0 Å². The molecule has 0 radical (unpaired) electrons. The van der Waals surface area contributed by atoms with Gasteiger partial charge in [-0.25, -0.2) is 0 Å². The van der Waals surface area contributed by atoms with Gasteiger partial charge >= 0.3 is 0 Å². The molecule has 100 valence electrons. The predicted molar refractivity (Wildman–Crippen MR) is 84.1 cm³/mol. The van der Waals surface area contributed by atoms with Crippen molar-refractivity contribution in [2.75, 3.05) is 0 Å². The van der Waals surface area contributed by atoms with Crippen LogP contribution >= 0.6 is 0 Å². The Balaban J connectivity index is 1.75. The molecule has 0 saturated carbocycles. The van der Waals surface area contributed by atoms with Crippen molar-refractivity contribution >= 4 is 10.9 Å². The van der Waals surface area contributed by atoms with Crippen molar-refractivity contribution in [2.45, 2.75) is 31.6 Å². The number of aromatic nitrogens is 1. The quantitative estimate of drug-likeness (QED) is 0.680. The van der Waals surface area contributed by atoms with Gasteiger partial charge in [-0.2, -0.15) is 0 Å². The lowest BCUT2D eigenvalue weighted by Gasteiger charge is -2.22. The normalized spacial score (nSPS) is 18.1. The average Bonchev–Trinajstić information content (AvgIpc) is 2.88. The molecule has 3 aromatic rings. The number of rotatable bonds is 2. The number of aromatic amines is 1. The number of para-hydroxylation sites is 1. The third-order valence-electron chi connectivity index (χ3n) is 4.56. The number of hydrogen-bond acceptors (Lipinski definition) is 0. The van der Waals surface area contributed by atoms with E-state index < -0.39 is 0 Å². The second-order valence-electron chi connectivity index (χ2n) is 5.84. The maximum absolute atomic E-state index is 3.69. The van der Waals surface area contributed by atoms with Crippen LogP contribution in [0.1, 0.15) is 35.6 Å². The minimum absolute atomic E-state index is 0.647. The molecule has 0 amide bonds. The van der Waals surface area contributed by atoms with Crippen molar-refractivity contribution in [3.8, 4) is 0 Å². The first kappa shape index (κ1) is 11.8. The van der Waals surface area contributed by atoms with Crippen molar-refractivity contribution in [3.63, 3.8) is 0 Å². The Morgan fingerprint density at radius 1 is 0.950 bits per heavy atom. The van der Waals surface area contributed by atoms with Gasteiger partial charge in [-0.1, -0.05) is 48.5 Å². The van der Waals surface area contributed by atoms with Crippen LogP contribution in [0.5, 0.6) is 0 Å². The molecule has 0 saturated heterocycles. The SMILES string of the molecule is c1ccc(CC2CCCc3c2[nH]c2ccccc32)cc1. The zero-order chi connectivity index (χ0) is 13.4. The van der Waals surface area contributed by atoms with Gasteiger partial charge in [0.1, 0.15) is 0 Å². The van der Waals surface area contributed by atoms with Gasteiger partial charge in [0.15, 0.2) is 0 Å². The van der Waals surface area contributed by atoms with Crippen LogP contribution in [0.15, 0.2) is 54.6 Å². The summed E-state index contributed by atoms with van der Waals surface area (Å²) in [4.78, 5) is 3.69. The van der Waals surface area contributed by atoms with Gasteiger partial charge in [0.2, 0.25) is 0 Å². The van der Waals surface area contributed by atoms with Gasteiger partial charge in [-0.05, 0) is 42.9 Å². The molecule has 1 N–H and O–H groups in total. The van der Waals surface area contributed by atoms with E-state index in [0.717, 1.165) is 6.42 Å². The fraction of sp³-hybridized carbons (Fsp3) is 0.263. The number of nitrogens with one attached hydrogen (secondary N) is 1. The molecule has 0 bridgehead atoms. The summed E-state index contributed by atoms with van der Waals surface area (Å²) in [6.07, 6.45) is 4.99. The van der Waals surface area contributed by atoms with Gasteiger partial charge in [0.05, 0.1) is 0 Å². The number of hydrogen-bond donors (Lipinski definition) is 1. The molecule has 1 atom stereocenters. The zero-order valence-electron chi connectivity index (χ0n) is 11.6. The van der Waals surface area contributed by atoms with Gasteiger partial charge in [0.25, 0.3) is 0 Å². The number of aryl methyl sites for hydroxylation is 1. The fourth-order valence-corrected chi connectivity index (χ4v) is 3.61. The summed E-state index contributed by atoms with van der Waals surface area (Å²) in [7, 11) is 0. The molecule has 1 nitrogen and oxygen atoms in total. The van der Waals surface area contributed by atoms with E-state index in [0.29, 0.717) is 5.92 Å². The first-order valence-corrected chi connectivity index (χ1v) is 7.55. The highest BCUT2D eigenvalue weighted by Gasteiger charge is 2.24. The van der Waals surface area contributed by atoms with Crippen LogP contribution in [0.3, 0.4) is 0 Å². The van der Waals surface area contributed by atoms with Crippen LogP contribution in [0.25, 0.3) is 10.9 Å². The summed E-state index contributed by atoms with van der Waals surface area (Å²) in [5.74, 6) is 0.647. The van der Waals surface area contributed by atoms with Gasteiger partial charge < -0.3 is 4.98 Å². The van der Waals surface area contributed by atoms with E-state index >= 15 is 0 Å². The van der Waals surface area contributed by atoms with Crippen LogP contribution in [-0.2, 0) is 12.8 Å². The lowest BCUT2D eigenvalue weighted by Crippen LogP contribution is -2.11. The second-order valence-corrected chi connectivity index (χ2v) is 5.84. The number of H-pyrrole nitrogens is 1. The third-order valence-corrected chi connectivity index (χ3v) is 4.56. The topological polar surface area (TPSA) is 15.8 Å². The van der Waals surface area contributed by atoms with Gasteiger partial charge in [0, 0.05) is 22.5 Å². The highest BCUT2D eigenvalue weighted by Crippen LogP contribution is 2.37. The van der Waals surface area contributed by atoms with Crippen LogP contribution < -0.4 is 0 Å². The Labute approximate surface area is 119 Å². The van der Waals surface area contributed by atoms with Crippen molar-refractivity contribution in [3.05, 3.63) is 71.4 Å². The summed E-state index contributed by atoms with van der Waals surface area (Å²) in [6.45, 7) is 0. The van der Waals surface area contributed by atoms with Crippen molar-refractivity contribution < 1.29 is 0 Å². The molecular weight excluding hydrogens is 242 g/mol. The lowest BCUT2D eigenvalue weighted by molar-refractivity contribution is 0.543. The summed E-state index contributed by atoms with van der Waals surface area (Å²) >= 11 is 0. The molecule has 0 aliphatic heterocycles. The van der Waals surface area contributed by atoms with E-state index in [1.807, 2.05) is 0 Å². The van der Waals surface area contributed by atoms with Crippen molar-refractivity contribution in [1.29, 1.82) is 0 Å². The van der Waals surface area contributed by atoms with Crippen LogP contribution in [0, 0.1) is 0 Å². The highest BCUT2D eigenvalue weighted by atomic mass is 14.7. The van der Waals surface area contributed by atoms with Crippen LogP contribution in [0.4, 0.5) is 0 Å². The van der Waals surface area contributed by atoms with Gasteiger partial charge in [-0.3, -0.25) is 0 Å². The highest BCUT2D eigenvalue weighted by molar-refractivity contribution is 5.85. The first-order valence-electron chi connectivity index (χ1n) is 7.55. The Morgan fingerprint density at radius 2 is 1.75 bits per heavy atom. The summed E-state index contributed by atoms with van der Waals surface area (Å²) in [5.41, 5.74) is 5.80. The van der Waals surface area contributed by atoms with E-state index in [-0.39, 0.29) is 0 Å². The zero-order valence-corrected chi connectivity index (χ0v) is 11.6. The van der Waals surface area contributed by atoms with E-state index in [2.05, 4.69) is 59.6 Å². The van der Waals surface area contributed by atoms with Crippen molar-refractivity contribution in [1.82, 2.24) is 4.98 Å². The molecule has 1 aliphatic rings. The smallest absolute Gasteiger partial charge is 0.0459 e. The summed E-state index contributed by atoms with van der Waals surface area (Å²) in [5, 5.41) is 1.43. The molecule has 1 unspecified atom stereocenters. The maximum atomic E-state index is 3.69. The molecule has 4 rings (SSSR count). The molecule has 1 heterocycles. The Morgan fingerprint density at radius 3 is 2.65 bits per heavy atom. The van der Waals surface area contributed by atoms with E-state index in [1.54, 1.807) is 5.56 Å². The Hall–Kier alpha value is -2.02. The van der Waals surface area contributed by atoms with Gasteiger partial charge in [-0.15, -0.1) is 0 Å². The number of benzene rings is 2. The predicted octanol–water partition coefficient (Wildman–Crippen LogP) is 4.83. The average molecular weight is 261 g/mol. The molecule has 0 fully saturated rings. The minimum atomic E-state index is 0.647. The molecular formula is C19H19N. The summed E-state index contributed by atoms with van der Waals surface area (Å²) in [6, 6.07) is 19.6. The molecule has 2 aromatic carbocycles. The lowest BCUT2D eigenvalue weighted by atomic mass is 9.83. The van der Waals surface area contributed by atoms with E-state index in [1.165, 1.54) is 41.4 Å². The largest absolute Gasteiger partial charge is 0.358 e. The fourth-order valence-electron chi connectivity index (χ4n) is 3.61. The Kier molecular flexibility index (Phi) is 2.84. The molecule has 1 heteroatoms. The molecule has 1 aliphatic carbocycles. The molecule has 1 aromatic heterocycles. The monoisotopic (exact) mass is 261 g/mol. The second kappa shape index (κ2) is 4.82. The Bertz CT molecular complexity index is 724. The minimum Gasteiger partial charge on any atom is -0.358 e.